The maximum Gasteiger partial charge on any atom is 0.335 e. The van der Waals surface area contributed by atoms with E-state index < -0.39 is 11.8 Å². The van der Waals surface area contributed by atoms with Gasteiger partial charge in [0.1, 0.15) is 5.82 Å². The molecule has 0 atom stereocenters. The number of benzene rings is 1. The number of hydrogen-bond acceptors (Lipinski definition) is 3. The molecule has 106 valence electrons. The SMILES string of the molecule is CN(Cc1cnn(C)c1)Cc1ccc(C(=O)O)cc1F. The molecule has 0 bridgehead atoms. The van der Waals surface area contributed by atoms with Crippen molar-refractivity contribution >= 4 is 5.97 Å². The molecule has 0 amide bonds. The lowest BCUT2D eigenvalue weighted by molar-refractivity contribution is 0.0696. The minimum atomic E-state index is -1.13. The van der Waals surface area contributed by atoms with Crippen LogP contribution in [0.15, 0.2) is 30.6 Å². The molecule has 0 unspecified atom stereocenters. The highest BCUT2D eigenvalue weighted by Crippen LogP contribution is 2.14. The van der Waals surface area contributed by atoms with Crippen molar-refractivity contribution in [3.8, 4) is 0 Å². The number of carbonyl (C=O) groups is 1. The highest BCUT2D eigenvalue weighted by Gasteiger charge is 2.10. The van der Waals surface area contributed by atoms with Crippen LogP contribution in [0.4, 0.5) is 4.39 Å². The summed E-state index contributed by atoms with van der Waals surface area (Å²) >= 11 is 0. The molecule has 1 aromatic carbocycles. The lowest BCUT2D eigenvalue weighted by Gasteiger charge is -2.16. The van der Waals surface area contributed by atoms with Gasteiger partial charge in [-0.3, -0.25) is 9.58 Å². The van der Waals surface area contributed by atoms with Crippen LogP contribution in [0.1, 0.15) is 21.5 Å². The minimum absolute atomic E-state index is 0.0406. The summed E-state index contributed by atoms with van der Waals surface area (Å²) in [5.74, 6) is -1.62. The predicted molar refractivity (Wildman–Crippen MR) is 71.7 cm³/mol. The topological polar surface area (TPSA) is 58.4 Å². The summed E-state index contributed by atoms with van der Waals surface area (Å²) < 4.78 is 15.5. The van der Waals surface area contributed by atoms with Crippen LogP contribution in [0.2, 0.25) is 0 Å². The van der Waals surface area contributed by atoms with Crippen molar-refractivity contribution in [3.05, 3.63) is 53.1 Å². The maximum absolute atomic E-state index is 13.8. The number of rotatable bonds is 5. The zero-order valence-corrected chi connectivity index (χ0v) is 11.4. The molecule has 0 aliphatic heterocycles. The summed E-state index contributed by atoms with van der Waals surface area (Å²) in [6, 6.07) is 3.98. The summed E-state index contributed by atoms with van der Waals surface area (Å²) in [6.07, 6.45) is 3.67. The molecule has 5 nitrogen and oxygen atoms in total. The Hall–Kier alpha value is -2.21. The Kier molecular flexibility index (Phi) is 4.14. The zero-order chi connectivity index (χ0) is 14.7. The fourth-order valence-electron chi connectivity index (χ4n) is 2.02. The van der Waals surface area contributed by atoms with Crippen LogP contribution in [-0.4, -0.2) is 32.8 Å². The Morgan fingerprint density at radius 3 is 2.75 bits per heavy atom. The first kappa shape index (κ1) is 14.2. The van der Waals surface area contributed by atoms with E-state index in [2.05, 4.69) is 5.10 Å². The van der Waals surface area contributed by atoms with Crippen LogP contribution in [0.25, 0.3) is 0 Å². The van der Waals surface area contributed by atoms with Crippen LogP contribution in [0.3, 0.4) is 0 Å². The molecular formula is C14H16FN3O2. The molecular weight excluding hydrogens is 261 g/mol. The normalized spacial score (nSPS) is 11.0. The number of nitrogens with zero attached hydrogens (tertiary/aromatic N) is 3. The molecule has 1 N–H and O–H groups in total. The molecule has 0 radical (unpaired) electrons. The first-order chi connectivity index (χ1) is 9.45. The Labute approximate surface area is 116 Å². The van der Waals surface area contributed by atoms with Gasteiger partial charge in [0.05, 0.1) is 11.8 Å². The lowest BCUT2D eigenvalue weighted by Crippen LogP contribution is -2.18. The average molecular weight is 277 g/mol. The number of aromatic nitrogens is 2. The van der Waals surface area contributed by atoms with Gasteiger partial charge in [0.25, 0.3) is 0 Å². The van der Waals surface area contributed by atoms with Crippen molar-refractivity contribution in [3.63, 3.8) is 0 Å². The quantitative estimate of drug-likeness (QED) is 0.906. The highest BCUT2D eigenvalue weighted by atomic mass is 19.1. The minimum Gasteiger partial charge on any atom is -0.478 e. The summed E-state index contributed by atoms with van der Waals surface area (Å²) in [5, 5.41) is 12.9. The first-order valence-corrected chi connectivity index (χ1v) is 6.13. The van der Waals surface area contributed by atoms with Crippen molar-refractivity contribution in [2.24, 2.45) is 7.05 Å². The van der Waals surface area contributed by atoms with Crippen LogP contribution in [0, 0.1) is 5.82 Å². The first-order valence-electron chi connectivity index (χ1n) is 6.13. The fraction of sp³-hybridized carbons (Fsp3) is 0.286. The number of carboxylic acids is 1. The number of aromatic carboxylic acids is 1. The third-order valence-electron chi connectivity index (χ3n) is 2.95. The zero-order valence-electron chi connectivity index (χ0n) is 11.4. The van der Waals surface area contributed by atoms with Crippen molar-refractivity contribution in [2.75, 3.05) is 7.05 Å². The molecule has 2 rings (SSSR count). The molecule has 0 fully saturated rings. The molecule has 0 aliphatic carbocycles. The van der Waals surface area contributed by atoms with Gasteiger partial charge in [0.15, 0.2) is 0 Å². The highest BCUT2D eigenvalue weighted by molar-refractivity contribution is 5.87. The molecule has 1 aromatic heterocycles. The molecule has 0 saturated heterocycles. The van der Waals surface area contributed by atoms with Gasteiger partial charge < -0.3 is 5.11 Å². The Morgan fingerprint density at radius 2 is 2.20 bits per heavy atom. The van der Waals surface area contributed by atoms with Gasteiger partial charge in [-0.25, -0.2) is 9.18 Å². The maximum atomic E-state index is 13.8. The van der Waals surface area contributed by atoms with E-state index >= 15 is 0 Å². The number of halogens is 1. The van der Waals surface area contributed by atoms with Crippen LogP contribution in [0.5, 0.6) is 0 Å². The van der Waals surface area contributed by atoms with E-state index in [9.17, 15) is 9.18 Å². The van der Waals surface area contributed by atoms with Crippen LogP contribution in [-0.2, 0) is 20.1 Å². The van der Waals surface area contributed by atoms with Gasteiger partial charge in [-0.2, -0.15) is 5.10 Å². The molecule has 1 heterocycles. The summed E-state index contributed by atoms with van der Waals surface area (Å²) in [4.78, 5) is 12.7. The van der Waals surface area contributed by atoms with E-state index in [4.69, 9.17) is 5.11 Å². The largest absolute Gasteiger partial charge is 0.478 e. The van der Waals surface area contributed by atoms with E-state index in [0.717, 1.165) is 11.6 Å². The second-order valence-electron chi connectivity index (χ2n) is 4.81. The second kappa shape index (κ2) is 5.83. The predicted octanol–water partition coefficient (Wildman–Crippen LogP) is 1.89. The van der Waals surface area contributed by atoms with E-state index in [1.807, 2.05) is 25.2 Å². The molecule has 20 heavy (non-hydrogen) atoms. The number of carboxylic acid groups (broad SMARTS) is 1. The van der Waals surface area contributed by atoms with Crippen LogP contribution >= 0.6 is 0 Å². The average Bonchev–Trinajstić information content (AvgIpc) is 2.77. The summed E-state index contributed by atoms with van der Waals surface area (Å²) in [6.45, 7) is 1.05. The monoisotopic (exact) mass is 277 g/mol. The standard InChI is InChI=1S/C14H16FN3O2/c1-17(7-10-6-16-18(2)8-10)9-12-4-3-11(14(19)20)5-13(12)15/h3-6,8H,7,9H2,1-2H3,(H,19,20). The molecule has 2 aromatic rings. The van der Waals surface area contributed by atoms with Gasteiger partial charge in [-0.05, 0) is 19.2 Å². The third kappa shape index (κ3) is 3.42. The molecule has 6 heteroatoms. The van der Waals surface area contributed by atoms with Gasteiger partial charge in [-0.1, -0.05) is 6.07 Å². The third-order valence-corrected chi connectivity index (χ3v) is 2.95. The van der Waals surface area contributed by atoms with Gasteiger partial charge in [0.2, 0.25) is 0 Å². The van der Waals surface area contributed by atoms with Gasteiger partial charge >= 0.3 is 5.97 Å². The summed E-state index contributed by atoms with van der Waals surface area (Å²) in [7, 11) is 3.71. The van der Waals surface area contributed by atoms with Gasteiger partial charge in [0, 0.05) is 37.5 Å². The van der Waals surface area contributed by atoms with Crippen LogP contribution < -0.4 is 0 Å². The van der Waals surface area contributed by atoms with E-state index in [0.29, 0.717) is 18.7 Å². The number of aryl methyl sites for hydroxylation is 1. The molecule has 0 aliphatic rings. The van der Waals surface area contributed by atoms with Crippen molar-refractivity contribution < 1.29 is 14.3 Å². The van der Waals surface area contributed by atoms with Crippen molar-refractivity contribution in [2.45, 2.75) is 13.1 Å². The van der Waals surface area contributed by atoms with Crippen molar-refractivity contribution in [1.29, 1.82) is 0 Å². The smallest absolute Gasteiger partial charge is 0.335 e. The lowest BCUT2D eigenvalue weighted by atomic mass is 10.1. The summed E-state index contributed by atoms with van der Waals surface area (Å²) in [5.41, 5.74) is 1.47. The fourth-order valence-corrected chi connectivity index (χ4v) is 2.02. The Bertz CT molecular complexity index is 625. The Morgan fingerprint density at radius 1 is 1.45 bits per heavy atom. The van der Waals surface area contributed by atoms with E-state index in [1.165, 1.54) is 12.1 Å². The molecule has 0 spiro atoms. The number of hydrogen-bond donors (Lipinski definition) is 1. The molecule has 0 saturated carbocycles. The van der Waals surface area contributed by atoms with Gasteiger partial charge in [-0.15, -0.1) is 0 Å². The Balaban J connectivity index is 2.04. The second-order valence-corrected chi connectivity index (χ2v) is 4.81. The van der Waals surface area contributed by atoms with E-state index in [1.54, 1.807) is 10.9 Å². The van der Waals surface area contributed by atoms with Crippen molar-refractivity contribution in [1.82, 2.24) is 14.7 Å². The van der Waals surface area contributed by atoms with E-state index in [-0.39, 0.29) is 5.56 Å².